The summed E-state index contributed by atoms with van der Waals surface area (Å²) in [5, 5.41) is 7.35. The van der Waals surface area contributed by atoms with E-state index in [0.717, 1.165) is 5.92 Å². The molecule has 0 amide bonds. The topological polar surface area (TPSA) is 37.8 Å². The molecule has 0 radical (unpaired) electrons. The third-order valence-electron chi connectivity index (χ3n) is 3.80. The Labute approximate surface area is 111 Å². The van der Waals surface area contributed by atoms with Crippen LogP contribution in [0.1, 0.15) is 47.2 Å². The standard InChI is InChI=1S/C14H17N3S/c1-15-14(13-9-16-17-18-13)12-8-3-2-7-11(12)10-5-4-6-10/h2-3,7-10,14-15H,4-6H2,1H3. The highest BCUT2D eigenvalue weighted by molar-refractivity contribution is 7.05. The zero-order valence-corrected chi connectivity index (χ0v) is 11.3. The van der Waals surface area contributed by atoms with Gasteiger partial charge in [-0.05, 0) is 48.5 Å². The molecule has 0 aliphatic heterocycles. The molecule has 1 aromatic heterocycles. The minimum atomic E-state index is 0.224. The molecule has 4 heteroatoms. The molecule has 1 heterocycles. The normalized spacial score (nSPS) is 17.4. The molecule has 1 saturated carbocycles. The summed E-state index contributed by atoms with van der Waals surface area (Å²) in [6.07, 6.45) is 5.89. The number of aromatic nitrogens is 2. The molecule has 0 spiro atoms. The Kier molecular flexibility index (Phi) is 3.39. The van der Waals surface area contributed by atoms with Gasteiger partial charge in [0.25, 0.3) is 0 Å². The predicted octanol–water partition coefficient (Wildman–Crippen LogP) is 3.11. The van der Waals surface area contributed by atoms with Crippen molar-refractivity contribution in [3.8, 4) is 0 Å². The molecule has 1 aliphatic rings. The van der Waals surface area contributed by atoms with E-state index >= 15 is 0 Å². The van der Waals surface area contributed by atoms with Crippen molar-refractivity contribution in [2.24, 2.45) is 0 Å². The van der Waals surface area contributed by atoms with Crippen molar-refractivity contribution < 1.29 is 0 Å². The summed E-state index contributed by atoms with van der Waals surface area (Å²) in [5.74, 6) is 0.748. The van der Waals surface area contributed by atoms with Crippen LogP contribution < -0.4 is 5.32 Å². The van der Waals surface area contributed by atoms with E-state index in [9.17, 15) is 0 Å². The van der Waals surface area contributed by atoms with Crippen LogP contribution in [0.25, 0.3) is 0 Å². The first-order valence-corrected chi connectivity index (χ1v) is 7.21. The zero-order chi connectivity index (χ0) is 12.4. The van der Waals surface area contributed by atoms with E-state index in [2.05, 4.69) is 39.2 Å². The fourth-order valence-corrected chi connectivity index (χ4v) is 3.25. The van der Waals surface area contributed by atoms with E-state index in [1.54, 1.807) is 0 Å². The summed E-state index contributed by atoms with van der Waals surface area (Å²) in [7, 11) is 2.00. The average molecular weight is 259 g/mol. The van der Waals surface area contributed by atoms with E-state index < -0.39 is 0 Å². The zero-order valence-electron chi connectivity index (χ0n) is 10.5. The molecule has 1 aliphatic carbocycles. The predicted molar refractivity (Wildman–Crippen MR) is 73.8 cm³/mol. The SMILES string of the molecule is CNC(c1cnns1)c1ccccc1C1CCC1. The van der Waals surface area contributed by atoms with Gasteiger partial charge in [0.2, 0.25) is 0 Å². The van der Waals surface area contributed by atoms with E-state index in [4.69, 9.17) is 0 Å². The largest absolute Gasteiger partial charge is 0.309 e. The Hall–Kier alpha value is -1.26. The molecular weight excluding hydrogens is 242 g/mol. The van der Waals surface area contributed by atoms with E-state index in [-0.39, 0.29) is 6.04 Å². The Balaban J connectivity index is 1.99. The van der Waals surface area contributed by atoms with Crippen molar-refractivity contribution in [1.82, 2.24) is 14.9 Å². The van der Waals surface area contributed by atoms with Crippen LogP contribution in [0.5, 0.6) is 0 Å². The van der Waals surface area contributed by atoms with Crippen molar-refractivity contribution in [3.63, 3.8) is 0 Å². The van der Waals surface area contributed by atoms with Gasteiger partial charge in [-0.1, -0.05) is 35.2 Å². The van der Waals surface area contributed by atoms with Crippen LogP contribution in [0.3, 0.4) is 0 Å². The summed E-state index contributed by atoms with van der Waals surface area (Å²) in [6.45, 7) is 0. The third kappa shape index (κ3) is 2.06. The molecule has 1 atom stereocenters. The van der Waals surface area contributed by atoms with Crippen LogP contribution in [-0.2, 0) is 0 Å². The van der Waals surface area contributed by atoms with E-state index in [0.29, 0.717) is 0 Å². The number of rotatable bonds is 4. The molecule has 1 fully saturated rings. The lowest BCUT2D eigenvalue weighted by Gasteiger charge is -2.30. The van der Waals surface area contributed by atoms with Gasteiger partial charge in [0, 0.05) is 0 Å². The lowest BCUT2D eigenvalue weighted by Crippen LogP contribution is -2.20. The van der Waals surface area contributed by atoms with Crippen LogP contribution >= 0.6 is 11.5 Å². The maximum Gasteiger partial charge on any atom is 0.0703 e. The quantitative estimate of drug-likeness (QED) is 0.916. The lowest BCUT2D eigenvalue weighted by molar-refractivity contribution is 0.415. The highest BCUT2D eigenvalue weighted by Crippen LogP contribution is 2.40. The summed E-state index contributed by atoms with van der Waals surface area (Å²) in [6, 6.07) is 9.00. The Morgan fingerprint density at radius 2 is 2.17 bits per heavy atom. The van der Waals surface area contributed by atoms with Crippen molar-refractivity contribution in [2.75, 3.05) is 7.05 Å². The maximum atomic E-state index is 3.98. The van der Waals surface area contributed by atoms with Crippen LogP contribution in [0.2, 0.25) is 0 Å². The van der Waals surface area contributed by atoms with Gasteiger partial charge in [0.1, 0.15) is 0 Å². The van der Waals surface area contributed by atoms with Crippen molar-refractivity contribution in [1.29, 1.82) is 0 Å². The highest BCUT2D eigenvalue weighted by Gasteiger charge is 2.25. The van der Waals surface area contributed by atoms with Gasteiger partial charge in [0.05, 0.1) is 17.1 Å². The molecule has 1 aromatic carbocycles. The van der Waals surface area contributed by atoms with Gasteiger partial charge in [0.15, 0.2) is 0 Å². The maximum absolute atomic E-state index is 3.98. The van der Waals surface area contributed by atoms with Crippen LogP contribution in [0.4, 0.5) is 0 Å². The Morgan fingerprint density at radius 3 is 2.78 bits per heavy atom. The van der Waals surface area contributed by atoms with E-state index in [1.165, 1.54) is 46.8 Å². The average Bonchev–Trinajstić information content (AvgIpc) is 2.84. The summed E-state index contributed by atoms with van der Waals surface area (Å²) >= 11 is 1.47. The molecule has 3 rings (SSSR count). The first kappa shape index (κ1) is 11.8. The fraction of sp³-hybridized carbons (Fsp3) is 0.429. The third-order valence-corrected chi connectivity index (χ3v) is 4.53. The number of nitrogens with one attached hydrogen (secondary N) is 1. The van der Waals surface area contributed by atoms with Gasteiger partial charge in [-0.2, -0.15) is 0 Å². The van der Waals surface area contributed by atoms with Crippen LogP contribution in [0, 0.1) is 0 Å². The van der Waals surface area contributed by atoms with Gasteiger partial charge in [-0.15, -0.1) is 5.10 Å². The highest BCUT2D eigenvalue weighted by atomic mass is 32.1. The molecular formula is C14H17N3S. The van der Waals surface area contributed by atoms with Gasteiger partial charge in [-0.25, -0.2) is 0 Å². The fourth-order valence-electron chi connectivity index (χ4n) is 2.62. The minimum Gasteiger partial charge on any atom is -0.309 e. The first-order valence-electron chi connectivity index (χ1n) is 6.43. The van der Waals surface area contributed by atoms with E-state index in [1.807, 2.05) is 13.2 Å². The number of nitrogens with zero attached hydrogens (tertiary/aromatic N) is 2. The lowest BCUT2D eigenvalue weighted by atomic mass is 9.77. The number of hydrogen-bond acceptors (Lipinski definition) is 4. The summed E-state index contributed by atoms with van der Waals surface area (Å²) in [5.41, 5.74) is 2.88. The van der Waals surface area contributed by atoms with Crippen molar-refractivity contribution in [2.45, 2.75) is 31.2 Å². The molecule has 3 nitrogen and oxygen atoms in total. The number of hydrogen-bond donors (Lipinski definition) is 1. The molecule has 0 saturated heterocycles. The molecule has 2 aromatic rings. The van der Waals surface area contributed by atoms with Gasteiger partial charge >= 0.3 is 0 Å². The second kappa shape index (κ2) is 5.16. The minimum absolute atomic E-state index is 0.224. The second-order valence-corrected chi connectivity index (χ2v) is 5.62. The smallest absolute Gasteiger partial charge is 0.0703 e. The van der Waals surface area contributed by atoms with Crippen LogP contribution in [0.15, 0.2) is 30.5 Å². The summed E-state index contributed by atoms with van der Waals surface area (Å²) < 4.78 is 3.98. The Morgan fingerprint density at radius 1 is 1.33 bits per heavy atom. The van der Waals surface area contributed by atoms with Gasteiger partial charge < -0.3 is 5.32 Å². The number of benzene rings is 1. The van der Waals surface area contributed by atoms with Crippen molar-refractivity contribution >= 4 is 11.5 Å². The first-order chi connectivity index (χ1) is 8.90. The monoisotopic (exact) mass is 259 g/mol. The van der Waals surface area contributed by atoms with Gasteiger partial charge in [-0.3, -0.25) is 0 Å². The van der Waals surface area contributed by atoms with Crippen LogP contribution in [-0.4, -0.2) is 16.6 Å². The molecule has 0 bridgehead atoms. The Bertz CT molecular complexity index is 506. The molecule has 1 N–H and O–H groups in total. The molecule has 94 valence electrons. The molecule has 18 heavy (non-hydrogen) atoms. The summed E-state index contributed by atoms with van der Waals surface area (Å²) in [4.78, 5) is 1.18. The molecule has 1 unspecified atom stereocenters. The second-order valence-electron chi connectivity index (χ2n) is 4.80. The van der Waals surface area contributed by atoms with Crippen molar-refractivity contribution in [3.05, 3.63) is 46.5 Å².